The molecule has 0 fully saturated rings. The molecule has 0 aromatic heterocycles. The van der Waals surface area contributed by atoms with E-state index in [0.717, 1.165) is 16.7 Å². The van der Waals surface area contributed by atoms with Crippen LogP contribution in [0.25, 0.3) is 6.08 Å². The lowest BCUT2D eigenvalue weighted by molar-refractivity contribution is 0.0972. The molecule has 0 radical (unpaired) electrons. The van der Waals surface area contributed by atoms with E-state index >= 15 is 0 Å². The third-order valence-corrected chi connectivity index (χ3v) is 7.12. The van der Waals surface area contributed by atoms with Gasteiger partial charge in [-0.15, -0.1) is 0 Å². The van der Waals surface area contributed by atoms with E-state index < -0.39 is 6.10 Å². The van der Waals surface area contributed by atoms with Gasteiger partial charge in [-0.05, 0) is 60.2 Å². The first-order valence-electron chi connectivity index (χ1n) is 12.9. The Labute approximate surface area is 227 Å². The number of aryl methyl sites for hydroxylation is 1. The van der Waals surface area contributed by atoms with Gasteiger partial charge in [0.25, 0.3) is 0 Å². The van der Waals surface area contributed by atoms with E-state index in [0.29, 0.717) is 30.6 Å². The van der Waals surface area contributed by atoms with Crippen LogP contribution in [0.15, 0.2) is 91.0 Å². The minimum Gasteiger partial charge on any atom is -0.508 e. The quantitative estimate of drug-likeness (QED) is 0.191. The molecule has 0 spiro atoms. The van der Waals surface area contributed by atoms with E-state index in [9.17, 15) is 25.2 Å². The first-order chi connectivity index (χ1) is 18.9. The Balaban J connectivity index is 1.43. The van der Waals surface area contributed by atoms with Gasteiger partial charge in [0.15, 0.2) is 5.78 Å². The number of aromatic hydroxyl groups is 4. The molecule has 0 saturated carbocycles. The molecule has 198 valence electrons. The van der Waals surface area contributed by atoms with Crippen LogP contribution in [0.5, 0.6) is 28.7 Å². The van der Waals surface area contributed by atoms with Gasteiger partial charge in [0.2, 0.25) is 0 Å². The lowest BCUT2D eigenvalue weighted by Crippen LogP contribution is -2.26. The van der Waals surface area contributed by atoms with Gasteiger partial charge >= 0.3 is 0 Å². The van der Waals surface area contributed by atoms with Crippen molar-refractivity contribution in [2.45, 2.75) is 31.8 Å². The molecule has 1 heterocycles. The topological polar surface area (TPSA) is 107 Å². The average molecular weight is 523 g/mol. The van der Waals surface area contributed by atoms with Crippen molar-refractivity contribution in [1.82, 2.24) is 0 Å². The monoisotopic (exact) mass is 522 g/mol. The average Bonchev–Trinajstić information content (AvgIpc) is 2.94. The second-order valence-corrected chi connectivity index (χ2v) is 9.83. The van der Waals surface area contributed by atoms with E-state index in [1.165, 1.54) is 6.07 Å². The molecule has 2 atom stereocenters. The lowest BCUT2D eigenvalue weighted by atomic mass is 9.83. The molecule has 4 aromatic rings. The van der Waals surface area contributed by atoms with Crippen molar-refractivity contribution in [2.24, 2.45) is 5.92 Å². The maximum absolute atomic E-state index is 13.1. The molecule has 1 aliphatic heterocycles. The van der Waals surface area contributed by atoms with Crippen LogP contribution in [-0.4, -0.2) is 26.2 Å². The summed E-state index contributed by atoms with van der Waals surface area (Å²) in [6.07, 6.45) is 5.25. The molecule has 0 aliphatic carbocycles. The highest BCUT2D eigenvalue weighted by Crippen LogP contribution is 2.48. The second kappa shape index (κ2) is 11.4. The number of rotatable bonds is 8. The summed E-state index contributed by atoms with van der Waals surface area (Å²) in [4.78, 5) is 13.1. The summed E-state index contributed by atoms with van der Waals surface area (Å²) in [5.41, 5.74) is 3.21. The molecule has 6 heteroatoms. The van der Waals surface area contributed by atoms with Gasteiger partial charge < -0.3 is 25.2 Å². The van der Waals surface area contributed by atoms with Crippen LogP contribution in [-0.2, 0) is 12.8 Å². The molecule has 0 bridgehead atoms. The van der Waals surface area contributed by atoms with Crippen molar-refractivity contribution in [1.29, 1.82) is 0 Å². The first-order valence-corrected chi connectivity index (χ1v) is 12.9. The molecule has 1 aliphatic rings. The molecule has 4 aromatic carbocycles. The zero-order valence-electron chi connectivity index (χ0n) is 21.3. The van der Waals surface area contributed by atoms with Crippen LogP contribution >= 0.6 is 0 Å². The maximum atomic E-state index is 13.1. The van der Waals surface area contributed by atoms with Crippen molar-refractivity contribution in [3.05, 3.63) is 119 Å². The summed E-state index contributed by atoms with van der Waals surface area (Å²) < 4.78 is 6.33. The second-order valence-electron chi connectivity index (χ2n) is 9.83. The van der Waals surface area contributed by atoms with Crippen LogP contribution in [0.2, 0.25) is 0 Å². The number of carbonyl (C=O) groups excluding carboxylic acids is 1. The predicted octanol–water partition coefficient (Wildman–Crippen LogP) is 6.72. The Hall–Kier alpha value is -4.71. The molecule has 4 N–H and O–H groups in total. The van der Waals surface area contributed by atoms with Gasteiger partial charge in [0.05, 0.1) is 0 Å². The fourth-order valence-electron chi connectivity index (χ4n) is 5.05. The van der Waals surface area contributed by atoms with Crippen molar-refractivity contribution in [2.75, 3.05) is 0 Å². The van der Waals surface area contributed by atoms with E-state index in [4.69, 9.17) is 4.74 Å². The van der Waals surface area contributed by atoms with Crippen molar-refractivity contribution >= 4 is 11.9 Å². The Morgan fingerprint density at radius 2 is 1.54 bits per heavy atom. The summed E-state index contributed by atoms with van der Waals surface area (Å²) >= 11 is 0. The van der Waals surface area contributed by atoms with Crippen molar-refractivity contribution < 1.29 is 30.0 Å². The van der Waals surface area contributed by atoms with E-state index in [1.807, 2.05) is 54.6 Å². The normalized spacial score (nSPS) is 16.5. The van der Waals surface area contributed by atoms with Gasteiger partial charge in [0.1, 0.15) is 40.4 Å². The number of Topliss-reactive ketones (excluding diaryl/α,β-unsaturated/α-hetero) is 1. The van der Waals surface area contributed by atoms with Crippen LogP contribution < -0.4 is 4.74 Å². The zero-order chi connectivity index (χ0) is 27.4. The van der Waals surface area contributed by atoms with E-state index in [1.54, 1.807) is 36.4 Å². The minimum atomic E-state index is -0.402. The maximum Gasteiger partial charge on any atom is 0.170 e. The number of carbonyl (C=O) groups is 1. The highest BCUT2D eigenvalue weighted by Gasteiger charge is 2.35. The molecule has 39 heavy (non-hydrogen) atoms. The number of allylic oxidation sites excluding steroid dienone is 1. The summed E-state index contributed by atoms with van der Waals surface area (Å²) in [5.74, 6) is -0.294. The number of benzene rings is 4. The number of phenols is 4. The van der Waals surface area contributed by atoms with E-state index in [-0.39, 0.29) is 46.7 Å². The summed E-state index contributed by atoms with van der Waals surface area (Å²) in [6.45, 7) is 0. The smallest absolute Gasteiger partial charge is 0.170 e. The Kier molecular flexibility index (Phi) is 7.55. The van der Waals surface area contributed by atoms with Crippen LogP contribution in [0.1, 0.15) is 51.6 Å². The molecule has 5 rings (SSSR count). The highest BCUT2D eigenvalue weighted by atomic mass is 16.5. The molecule has 0 amide bonds. The number of ether oxygens (including phenoxy) is 1. The third-order valence-electron chi connectivity index (χ3n) is 7.12. The summed E-state index contributed by atoms with van der Waals surface area (Å²) in [7, 11) is 0. The number of phenolic OH excluding ortho intramolecular Hbond substituents is 4. The standard InChI is InChI=1S/C33H30O6/c34-25-14-9-22(10-15-25)7-4-8-24-19-27-30(39-33(24)23-12-16-26(35)17-13-23)20-29(37)31(32(27)38)28(36)18-11-21-5-2-1-3-6-21/h1-7,9-10,12-17,20,24,33-35,37-38H,8,11,18-19H2/b7-4+. The zero-order valence-corrected chi connectivity index (χ0v) is 21.3. The fourth-order valence-corrected chi connectivity index (χ4v) is 5.05. The number of fused-ring (bicyclic) bond motifs is 1. The van der Waals surface area contributed by atoms with Gasteiger partial charge in [-0.25, -0.2) is 0 Å². The van der Waals surface area contributed by atoms with Crippen molar-refractivity contribution in [3.8, 4) is 28.7 Å². The van der Waals surface area contributed by atoms with Gasteiger partial charge in [-0.2, -0.15) is 0 Å². The van der Waals surface area contributed by atoms with Crippen LogP contribution in [0, 0.1) is 5.92 Å². The predicted molar refractivity (Wildman–Crippen MR) is 149 cm³/mol. The molecule has 0 saturated heterocycles. The highest BCUT2D eigenvalue weighted by molar-refractivity contribution is 6.02. The van der Waals surface area contributed by atoms with Gasteiger partial charge in [0, 0.05) is 24.0 Å². The number of ketones is 1. The summed E-state index contributed by atoms with van der Waals surface area (Å²) in [6, 6.07) is 24.7. The van der Waals surface area contributed by atoms with Gasteiger partial charge in [-0.3, -0.25) is 4.79 Å². The van der Waals surface area contributed by atoms with Gasteiger partial charge in [-0.1, -0.05) is 66.7 Å². The SMILES string of the molecule is O=C(CCc1ccccc1)c1c(O)cc2c(c1O)CC(C/C=C/c1ccc(O)cc1)C(c1ccc(O)cc1)O2. The van der Waals surface area contributed by atoms with Crippen LogP contribution in [0.4, 0.5) is 0 Å². The Bertz CT molecular complexity index is 1470. The Morgan fingerprint density at radius 1 is 0.872 bits per heavy atom. The largest absolute Gasteiger partial charge is 0.508 e. The molecule has 6 nitrogen and oxygen atoms in total. The molecule has 2 unspecified atom stereocenters. The molecular weight excluding hydrogens is 492 g/mol. The third kappa shape index (κ3) is 5.91. The Morgan fingerprint density at radius 3 is 2.23 bits per heavy atom. The van der Waals surface area contributed by atoms with Crippen molar-refractivity contribution in [3.63, 3.8) is 0 Å². The lowest BCUT2D eigenvalue weighted by Gasteiger charge is -2.34. The summed E-state index contributed by atoms with van der Waals surface area (Å²) in [5, 5.41) is 41.2. The number of hydrogen-bond acceptors (Lipinski definition) is 6. The number of hydrogen-bond donors (Lipinski definition) is 4. The first kappa shape index (κ1) is 25.9. The van der Waals surface area contributed by atoms with Crippen LogP contribution in [0.3, 0.4) is 0 Å². The fraction of sp³-hybridized carbons (Fsp3) is 0.182. The minimum absolute atomic E-state index is 0.0743. The molecular formula is C33H30O6. The van der Waals surface area contributed by atoms with E-state index in [2.05, 4.69) is 0 Å².